The zero-order chi connectivity index (χ0) is 16.9. The van der Waals surface area contributed by atoms with Gasteiger partial charge in [0.05, 0.1) is 5.56 Å². The lowest BCUT2D eigenvalue weighted by Gasteiger charge is -2.21. The summed E-state index contributed by atoms with van der Waals surface area (Å²) in [5.41, 5.74) is 3.59. The molecule has 2 rings (SSSR count). The number of aryl methyl sites for hydroxylation is 1. The monoisotopic (exact) mass is 308 g/mol. The van der Waals surface area contributed by atoms with E-state index >= 15 is 0 Å². The van der Waals surface area contributed by atoms with Crippen LogP contribution in [0.3, 0.4) is 0 Å². The van der Waals surface area contributed by atoms with E-state index in [1.165, 1.54) is 24.5 Å². The van der Waals surface area contributed by atoms with Crippen molar-refractivity contribution in [1.29, 1.82) is 0 Å². The van der Waals surface area contributed by atoms with Gasteiger partial charge in [0.15, 0.2) is 0 Å². The van der Waals surface area contributed by atoms with E-state index in [1.54, 1.807) is 6.07 Å². The van der Waals surface area contributed by atoms with Gasteiger partial charge in [0.1, 0.15) is 5.82 Å². The van der Waals surface area contributed by atoms with Gasteiger partial charge in [-0.3, -0.25) is 0 Å². The Balaban J connectivity index is 2.29. The van der Waals surface area contributed by atoms with Gasteiger partial charge in [-0.15, -0.1) is 0 Å². The minimum absolute atomic E-state index is 0.129. The number of benzene rings is 2. The standard InChI is InChI=1S/C22H25F/c1-5-6-8-17-11-13-18(14-12-17)15-16-19-20(22(2,3)4)9-7-10-21(19)23/h7,9-14H,5-6,8H2,1-4H3. The SMILES string of the molecule is CCCCc1ccc(C#Cc2c(F)cccc2C(C)(C)C)cc1. The van der Waals surface area contributed by atoms with Crippen molar-refractivity contribution in [2.75, 3.05) is 0 Å². The zero-order valence-electron chi connectivity index (χ0n) is 14.5. The molecule has 0 aliphatic rings. The molecule has 0 radical (unpaired) electrons. The normalized spacial score (nSPS) is 11.0. The summed E-state index contributed by atoms with van der Waals surface area (Å²) in [6.45, 7) is 8.43. The van der Waals surface area contributed by atoms with Gasteiger partial charge < -0.3 is 0 Å². The van der Waals surface area contributed by atoms with Crippen molar-refractivity contribution in [2.45, 2.75) is 52.4 Å². The molecule has 0 aliphatic carbocycles. The van der Waals surface area contributed by atoms with E-state index < -0.39 is 0 Å². The van der Waals surface area contributed by atoms with Gasteiger partial charge >= 0.3 is 0 Å². The van der Waals surface area contributed by atoms with Crippen LogP contribution in [0.15, 0.2) is 42.5 Å². The lowest BCUT2D eigenvalue weighted by atomic mass is 9.83. The molecular formula is C22H25F. The van der Waals surface area contributed by atoms with Crippen molar-refractivity contribution >= 4 is 0 Å². The highest BCUT2D eigenvalue weighted by atomic mass is 19.1. The van der Waals surface area contributed by atoms with Crippen LogP contribution in [0.5, 0.6) is 0 Å². The predicted molar refractivity (Wildman–Crippen MR) is 96.1 cm³/mol. The smallest absolute Gasteiger partial charge is 0.139 e. The van der Waals surface area contributed by atoms with Crippen molar-refractivity contribution in [3.05, 3.63) is 70.5 Å². The van der Waals surface area contributed by atoms with Gasteiger partial charge in [0, 0.05) is 5.56 Å². The Morgan fingerprint density at radius 1 is 0.957 bits per heavy atom. The van der Waals surface area contributed by atoms with E-state index in [9.17, 15) is 4.39 Å². The molecular weight excluding hydrogens is 283 g/mol. The predicted octanol–water partition coefficient (Wildman–Crippen LogP) is 5.87. The van der Waals surface area contributed by atoms with E-state index in [-0.39, 0.29) is 11.2 Å². The fourth-order valence-electron chi connectivity index (χ4n) is 2.55. The number of unbranched alkanes of at least 4 members (excludes halogenated alkanes) is 1. The number of halogens is 1. The molecule has 120 valence electrons. The largest absolute Gasteiger partial charge is 0.206 e. The van der Waals surface area contributed by atoms with Crippen LogP contribution in [0.4, 0.5) is 4.39 Å². The molecule has 0 aliphatic heterocycles. The lowest BCUT2D eigenvalue weighted by Crippen LogP contribution is -2.14. The second kappa shape index (κ2) is 7.47. The van der Waals surface area contributed by atoms with E-state index in [2.05, 4.69) is 51.7 Å². The first-order valence-corrected chi connectivity index (χ1v) is 8.32. The van der Waals surface area contributed by atoms with Crippen molar-refractivity contribution in [3.63, 3.8) is 0 Å². The Morgan fingerprint density at radius 2 is 1.65 bits per heavy atom. The van der Waals surface area contributed by atoms with E-state index in [1.807, 2.05) is 18.2 Å². The third-order valence-electron chi connectivity index (χ3n) is 3.93. The Hall–Kier alpha value is -2.07. The van der Waals surface area contributed by atoms with Crippen LogP contribution in [0, 0.1) is 17.7 Å². The van der Waals surface area contributed by atoms with Crippen LogP contribution in [0.25, 0.3) is 0 Å². The van der Waals surface area contributed by atoms with Gasteiger partial charge in [-0.2, -0.15) is 0 Å². The highest BCUT2D eigenvalue weighted by Crippen LogP contribution is 2.26. The summed E-state index contributed by atoms with van der Waals surface area (Å²) in [6, 6.07) is 13.5. The molecule has 0 fully saturated rings. The Bertz CT molecular complexity index is 706. The summed E-state index contributed by atoms with van der Waals surface area (Å²) in [5, 5.41) is 0. The first kappa shape index (κ1) is 17.3. The third kappa shape index (κ3) is 4.70. The molecule has 0 spiro atoms. The Labute approximate surface area is 139 Å². The summed E-state index contributed by atoms with van der Waals surface area (Å²) >= 11 is 0. The van der Waals surface area contributed by atoms with E-state index in [0.29, 0.717) is 5.56 Å². The van der Waals surface area contributed by atoms with Gasteiger partial charge in [0.2, 0.25) is 0 Å². The summed E-state index contributed by atoms with van der Waals surface area (Å²) in [6.07, 6.45) is 3.51. The maximum Gasteiger partial charge on any atom is 0.139 e. The van der Waals surface area contributed by atoms with Gasteiger partial charge in [0.25, 0.3) is 0 Å². The summed E-state index contributed by atoms with van der Waals surface area (Å²) in [7, 11) is 0. The summed E-state index contributed by atoms with van der Waals surface area (Å²) in [5.74, 6) is 5.90. The minimum Gasteiger partial charge on any atom is -0.206 e. The third-order valence-corrected chi connectivity index (χ3v) is 3.93. The van der Waals surface area contributed by atoms with Crippen molar-refractivity contribution in [1.82, 2.24) is 0 Å². The topological polar surface area (TPSA) is 0 Å². The van der Waals surface area contributed by atoms with Gasteiger partial charge in [-0.1, -0.05) is 70.2 Å². The minimum atomic E-state index is -0.246. The van der Waals surface area contributed by atoms with E-state index in [4.69, 9.17) is 0 Å². The van der Waals surface area contributed by atoms with Crippen molar-refractivity contribution in [3.8, 4) is 11.8 Å². The molecule has 0 amide bonds. The molecule has 0 aromatic heterocycles. The molecule has 0 unspecified atom stereocenters. The van der Waals surface area contributed by atoms with Crippen LogP contribution in [-0.2, 0) is 11.8 Å². The molecule has 0 saturated carbocycles. The molecule has 23 heavy (non-hydrogen) atoms. The van der Waals surface area contributed by atoms with Crippen LogP contribution in [-0.4, -0.2) is 0 Å². The summed E-state index contributed by atoms with van der Waals surface area (Å²) < 4.78 is 14.2. The second-order valence-electron chi connectivity index (χ2n) is 6.96. The van der Waals surface area contributed by atoms with E-state index in [0.717, 1.165) is 17.5 Å². The average Bonchev–Trinajstić information content (AvgIpc) is 2.51. The maximum absolute atomic E-state index is 14.2. The molecule has 2 aromatic rings. The molecule has 0 heterocycles. The highest BCUT2D eigenvalue weighted by Gasteiger charge is 2.19. The molecule has 0 atom stereocenters. The molecule has 0 nitrogen and oxygen atoms in total. The first-order chi connectivity index (χ1) is 10.9. The average molecular weight is 308 g/mol. The van der Waals surface area contributed by atoms with Crippen molar-refractivity contribution < 1.29 is 4.39 Å². The molecule has 2 aromatic carbocycles. The van der Waals surface area contributed by atoms with Gasteiger partial charge in [-0.25, -0.2) is 4.39 Å². The molecule has 1 heteroatoms. The van der Waals surface area contributed by atoms with Crippen LogP contribution >= 0.6 is 0 Å². The lowest BCUT2D eigenvalue weighted by molar-refractivity contribution is 0.569. The Kier molecular flexibility index (Phi) is 5.61. The number of hydrogen-bond acceptors (Lipinski definition) is 0. The van der Waals surface area contributed by atoms with Crippen LogP contribution in [0.2, 0.25) is 0 Å². The first-order valence-electron chi connectivity index (χ1n) is 8.32. The fraction of sp³-hybridized carbons (Fsp3) is 0.364. The fourth-order valence-corrected chi connectivity index (χ4v) is 2.55. The summed E-state index contributed by atoms with van der Waals surface area (Å²) in [4.78, 5) is 0. The molecule has 0 bridgehead atoms. The van der Waals surface area contributed by atoms with Crippen LogP contribution < -0.4 is 0 Å². The Morgan fingerprint density at radius 3 is 2.26 bits per heavy atom. The molecule has 0 N–H and O–H groups in total. The van der Waals surface area contributed by atoms with Crippen LogP contribution in [0.1, 0.15) is 62.8 Å². The number of hydrogen-bond donors (Lipinski definition) is 0. The molecule has 0 saturated heterocycles. The zero-order valence-corrected chi connectivity index (χ0v) is 14.5. The number of rotatable bonds is 3. The second-order valence-corrected chi connectivity index (χ2v) is 6.96. The van der Waals surface area contributed by atoms with Gasteiger partial charge in [-0.05, 0) is 47.6 Å². The highest BCUT2D eigenvalue weighted by molar-refractivity contribution is 5.49. The van der Waals surface area contributed by atoms with Crippen molar-refractivity contribution in [2.24, 2.45) is 0 Å². The quantitative estimate of drug-likeness (QED) is 0.622. The maximum atomic E-state index is 14.2.